The maximum atomic E-state index is 12.9. The lowest BCUT2D eigenvalue weighted by molar-refractivity contribution is -0.137. The molecule has 0 aliphatic rings. The van der Waals surface area contributed by atoms with E-state index in [2.05, 4.69) is 5.32 Å². The molecule has 0 bridgehead atoms. The summed E-state index contributed by atoms with van der Waals surface area (Å²) in [6, 6.07) is 14.0. The number of hydrogen-bond donors (Lipinski definition) is 1. The summed E-state index contributed by atoms with van der Waals surface area (Å²) in [6.07, 6.45) is -2.46. The van der Waals surface area contributed by atoms with E-state index in [9.17, 15) is 18.0 Å². The third kappa shape index (κ3) is 6.76. The van der Waals surface area contributed by atoms with E-state index in [0.717, 1.165) is 23.3 Å². The minimum absolute atomic E-state index is 0.123. The summed E-state index contributed by atoms with van der Waals surface area (Å²) in [5.74, 6) is 0.219. The second kappa shape index (κ2) is 9.44. The molecule has 0 unspecified atom stereocenters. The molecule has 0 saturated heterocycles. The Labute approximate surface area is 163 Å². The second-order valence-electron chi connectivity index (χ2n) is 7.18. The van der Waals surface area contributed by atoms with Crippen molar-refractivity contribution in [2.45, 2.75) is 26.9 Å². The Bertz CT molecular complexity index is 814. The number of rotatable bonds is 6. The molecule has 2 amide bonds. The Morgan fingerprint density at radius 3 is 2.39 bits per heavy atom. The van der Waals surface area contributed by atoms with Gasteiger partial charge in [0.05, 0.1) is 5.56 Å². The number of carbonyl (C=O) groups is 1. The third-order valence-electron chi connectivity index (χ3n) is 3.97. The zero-order valence-corrected chi connectivity index (χ0v) is 16.3. The predicted octanol–water partition coefficient (Wildman–Crippen LogP) is 6.30. The molecule has 3 nitrogen and oxygen atoms in total. The first-order valence-corrected chi connectivity index (χ1v) is 9.10. The summed E-state index contributed by atoms with van der Waals surface area (Å²) in [4.78, 5) is 14.3. The molecule has 2 rings (SSSR count). The van der Waals surface area contributed by atoms with Crippen LogP contribution in [0.5, 0.6) is 0 Å². The zero-order valence-electron chi connectivity index (χ0n) is 16.3. The Balaban J connectivity index is 2.14. The highest BCUT2D eigenvalue weighted by atomic mass is 19.4. The van der Waals surface area contributed by atoms with Gasteiger partial charge >= 0.3 is 12.2 Å². The fourth-order valence-corrected chi connectivity index (χ4v) is 2.82. The first kappa shape index (κ1) is 21.5. The van der Waals surface area contributed by atoms with Gasteiger partial charge in [0.2, 0.25) is 0 Å². The molecule has 0 spiro atoms. The van der Waals surface area contributed by atoms with Gasteiger partial charge in [-0.05, 0) is 36.6 Å². The number of amides is 2. The average molecular weight is 390 g/mol. The Morgan fingerprint density at radius 1 is 1.11 bits per heavy atom. The first-order valence-electron chi connectivity index (χ1n) is 9.10. The molecule has 0 aliphatic carbocycles. The topological polar surface area (TPSA) is 32.3 Å². The molecule has 2 aromatic rings. The highest BCUT2D eigenvalue weighted by molar-refractivity contribution is 5.89. The largest absolute Gasteiger partial charge is 0.416 e. The number of nitrogens with one attached hydrogen (secondary N) is 1. The number of alkyl halides is 3. The van der Waals surface area contributed by atoms with E-state index in [1.807, 2.05) is 57.2 Å². The van der Waals surface area contributed by atoms with Crippen LogP contribution in [0.2, 0.25) is 0 Å². The van der Waals surface area contributed by atoms with Crippen molar-refractivity contribution in [3.05, 3.63) is 71.3 Å². The third-order valence-corrected chi connectivity index (χ3v) is 3.97. The van der Waals surface area contributed by atoms with E-state index in [4.69, 9.17) is 0 Å². The lowest BCUT2D eigenvalue weighted by Crippen LogP contribution is -2.38. The molecule has 0 aromatic heterocycles. The number of hydrogen-bond acceptors (Lipinski definition) is 1. The average Bonchev–Trinajstić information content (AvgIpc) is 2.61. The summed E-state index contributed by atoms with van der Waals surface area (Å²) >= 11 is 0. The van der Waals surface area contributed by atoms with Gasteiger partial charge in [-0.3, -0.25) is 0 Å². The number of benzene rings is 2. The molecule has 1 N–H and O–H groups in total. The molecule has 2 aromatic carbocycles. The maximum absolute atomic E-state index is 12.9. The van der Waals surface area contributed by atoms with Gasteiger partial charge in [0.25, 0.3) is 0 Å². The molecule has 0 aliphatic heterocycles. The van der Waals surface area contributed by atoms with Gasteiger partial charge in [-0.1, -0.05) is 61.9 Å². The predicted molar refractivity (Wildman–Crippen MR) is 107 cm³/mol. The van der Waals surface area contributed by atoms with Gasteiger partial charge in [0.15, 0.2) is 0 Å². The molecule has 0 radical (unpaired) electrons. The maximum Gasteiger partial charge on any atom is 0.416 e. The highest BCUT2D eigenvalue weighted by Gasteiger charge is 2.30. The van der Waals surface area contributed by atoms with E-state index >= 15 is 0 Å². The van der Waals surface area contributed by atoms with Crippen LogP contribution in [0.3, 0.4) is 0 Å². The SMILES string of the molecule is C/C(=C\c1ccccc1)CN(CC(C)C)C(=O)Nc1cccc(C(F)(F)F)c1. The van der Waals surface area contributed by atoms with Crippen molar-refractivity contribution in [2.24, 2.45) is 5.92 Å². The van der Waals surface area contributed by atoms with E-state index in [1.165, 1.54) is 12.1 Å². The standard InChI is InChI=1S/C22H25F3N2O/c1-16(2)14-27(15-17(3)12-18-8-5-4-6-9-18)21(28)26-20-11-7-10-19(13-20)22(23,24)25/h4-13,16H,14-15H2,1-3H3,(H,26,28)/b17-12+. The zero-order chi connectivity index (χ0) is 20.7. The van der Waals surface area contributed by atoms with Crippen LogP contribution in [-0.2, 0) is 6.18 Å². The van der Waals surface area contributed by atoms with Crippen LogP contribution < -0.4 is 5.32 Å². The van der Waals surface area contributed by atoms with Gasteiger partial charge in [-0.25, -0.2) is 4.79 Å². The van der Waals surface area contributed by atoms with Crippen molar-refractivity contribution in [3.8, 4) is 0 Å². The summed E-state index contributed by atoms with van der Waals surface area (Å²) in [7, 11) is 0. The fraction of sp³-hybridized carbons (Fsp3) is 0.318. The van der Waals surface area contributed by atoms with Crippen LogP contribution in [0.4, 0.5) is 23.7 Å². The van der Waals surface area contributed by atoms with Gasteiger partial charge in [-0.2, -0.15) is 13.2 Å². The van der Waals surface area contributed by atoms with Crippen LogP contribution >= 0.6 is 0 Å². The van der Waals surface area contributed by atoms with E-state index in [1.54, 1.807) is 4.90 Å². The quantitative estimate of drug-likeness (QED) is 0.617. The minimum atomic E-state index is -4.45. The minimum Gasteiger partial charge on any atom is -0.320 e. The van der Waals surface area contributed by atoms with Gasteiger partial charge < -0.3 is 10.2 Å². The second-order valence-corrected chi connectivity index (χ2v) is 7.18. The Kier molecular flexibility index (Phi) is 7.26. The summed E-state index contributed by atoms with van der Waals surface area (Å²) in [5, 5.41) is 2.59. The van der Waals surface area contributed by atoms with Gasteiger partial charge in [0.1, 0.15) is 0 Å². The molecule has 0 fully saturated rings. The summed E-state index contributed by atoms with van der Waals surface area (Å²) < 4.78 is 38.7. The molecule has 0 saturated carbocycles. The van der Waals surface area contributed by atoms with Gasteiger partial charge in [0, 0.05) is 18.8 Å². The number of nitrogens with zero attached hydrogens (tertiary/aromatic N) is 1. The van der Waals surface area contributed by atoms with E-state index in [-0.39, 0.29) is 11.6 Å². The molecule has 150 valence electrons. The number of halogens is 3. The molecular weight excluding hydrogens is 365 g/mol. The number of carbonyl (C=O) groups excluding carboxylic acids is 1. The normalized spacial score (nSPS) is 12.2. The van der Waals surface area contributed by atoms with Crippen molar-refractivity contribution < 1.29 is 18.0 Å². The fourth-order valence-electron chi connectivity index (χ4n) is 2.82. The Hall–Kier alpha value is -2.76. The van der Waals surface area contributed by atoms with Gasteiger partial charge in [-0.15, -0.1) is 0 Å². The van der Waals surface area contributed by atoms with Crippen LogP contribution in [0.1, 0.15) is 31.9 Å². The lowest BCUT2D eigenvalue weighted by Gasteiger charge is -2.25. The molecule has 6 heteroatoms. The van der Waals surface area contributed by atoms with E-state index in [0.29, 0.717) is 13.1 Å². The highest BCUT2D eigenvalue weighted by Crippen LogP contribution is 2.30. The molecular formula is C22H25F3N2O. The number of urea groups is 1. The van der Waals surface area contributed by atoms with Crippen molar-refractivity contribution in [3.63, 3.8) is 0 Å². The van der Waals surface area contributed by atoms with Crippen LogP contribution in [0.15, 0.2) is 60.2 Å². The molecule has 0 atom stereocenters. The smallest absolute Gasteiger partial charge is 0.320 e. The van der Waals surface area contributed by atoms with Crippen LogP contribution in [0, 0.1) is 5.92 Å². The number of anilines is 1. The van der Waals surface area contributed by atoms with Crippen molar-refractivity contribution in [1.29, 1.82) is 0 Å². The van der Waals surface area contributed by atoms with Crippen molar-refractivity contribution in [2.75, 3.05) is 18.4 Å². The first-order chi connectivity index (χ1) is 13.1. The van der Waals surface area contributed by atoms with Crippen LogP contribution in [0.25, 0.3) is 6.08 Å². The van der Waals surface area contributed by atoms with Crippen LogP contribution in [-0.4, -0.2) is 24.0 Å². The summed E-state index contributed by atoms with van der Waals surface area (Å²) in [5.41, 5.74) is 1.34. The van der Waals surface area contributed by atoms with Crippen molar-refractivity contribution in [1.82, 2.24) is 4.90 Å². The monoisotopic (exact) mass is 390 g/mol. The molecule has 28 heavy (non-hydrogen) atoms. The van der Waals surface area contributed by atoms with Crippen molar-refractivity contribution >= 4 is 17.8 Å². The Morgan fingerprint density at radius 2 is 1.79 bits per heavy atom. The lowest BCUT2D eigenvalue weighted by atomic mass is 10.1. The summed E-state index contributed by atoms with van der Waals surface area (Å²) in [6.45, 7) is 6.78. The van der Waals surface area contributed by atoms with E-state index < -0.39 is 17.8 Å². The molecule has 0 heterocycles.